The Bertz CT molecular complexity index is 1360. The van der Waals surface area contributed by atoms with Crippen molar-refractivity contribution in [3.63, 3.8) is 0 Å². The first-order chi connectivity index (χ1) is 19.9. The highest BCUT2D eigenvalue weighted by Gasteiger charge is 2.42. The summed E-state index contributed by atoms with van der Waals surface area (Å²) in [6.45, 7) is 12.9. The van der Waals surface area contributed by atoms with Crippen molar-refractivity contribution in [2.45, 2.75) is 72.3 Å². The molecule has 0 aliphatic carbocycles. The molecular weight excluding hydrogens is 516 g/mol. The van der Waals surface area contributed by atoms with Crippen LogP contribution in [0.25, 0.3) is 11.0 Å². The van der Waals surface area contributed by atoms with Crippen LogP contribution in [0.1, 0.15) is 93.9 Å². The Morgan fingerprint density at radius 2 is 1.66 bits per heavy atom. The van der Waals surface area contributed by atoms with Crippen molar-refractivity contribution in [2.24, 2.45) is 5.92 Å². The number of carbonyl (C=O) groups excluding carboxylic acids is 1. The number of nitrogens with zero attached hydrogens (tertiary/aromatic N) is 2. The Morgan fingerprint density at radius 3 is 2.34 bits per heavy atom. The molecule has 7 nitrogen and oxygen atoms in total. The van der Waals surface area contributed by atoms with Gasteiger partial charge < -0.3 is 23.7 Å². The molecule has 0 spiro atoms. The molecule has 0 bridgehead atoms. The van der Waals surface area contributed by atoms with Gasteiger partial charge in [0.05, 0.1) is 30.7 Å². The number of carbonyl (C=O) groups is 1. The number of amides is 1. The lowest BCUT2D eigenvalue weighted by Gasteiger charge is -2.28. The van der Waals surface area contributed by atoms with Gasteiger partial charge in [0.25, 0.3) is 5.91 Å². The minimum atomic E-state index is -0.559. The molecule has 0 saturated carbocycles. The van der Waals surface area contributed by atoms with Gasteiger partial charge in [-0.15, -0.1) is 0 Å². The molecule has 0 N–H and O–H groups in total. The highest BCUT2D eigenvalue weighted by Crippen LogP contribution is 2.41. The summed E-state index contributed by atoms with van der Waals surface area (Å²) >= 11 is 0. The molecule has 2 heterocycles. The van der Waals surface area contributed by atoms with Gasteiger partial charge in [0.15, 0.2) is 16.9 Å². The third-order valence-corrected chi connectivity index (χ3v) is 7.86. The van der Waals surface area contributed by atoms with E-state index in [1.165, 1.54) is 0 Å². The van der Waals surface area contributed by atoms with E-state index in [9.17, 15) is 9.59 Å². The SMILES string of the molecule is CCCCN(CCCC)CCCN1C(=O)c2oc3ccccc3c(=O)c2C1c1ccc(OCCC(C)C)c(OC)c1. The molecule has 41 heavy (non-hydrogen) atoms. The summed E-state index contributed by atoms with van der Waals surface area (Å²) in [6, 6.07) is 12.3. The maximum absolute atomic E-state index is 13.8. The molecule has 7 heteroatoms. The van der Waals surface area contributed by atoms with E-state index in [1.807, 2.05) is 30.3 Å². The summed E-state index contributed by atoms with van der Waals surface area (Å²) in [5.41, 5.74) is 1.48. The summed E-state index contributed by atoms with van der Waals surface area (Å²) in [6.07, 6.45) is 6.39. The molecule has 1 aliphatic rings. The zero-order valence-electron chi connectivity index (χ0n) is 25.4. The van der Waals surface area contributed by atoms with E-state index in [0.717, 1.165) is 63.7 Å². The molecule has 1 aliphatic heterocycles. The molecule has 1 atom stereocenters. The maximum atomic E-state index is 13.8. The van der Waals surface area contributed by atoms with E-state index in [1.54, 1.807) is 24.1 Å². The van der Waals surface area contributed by atoms with Crippen molar-refractivity contribution in [1.82, 2.24) is 9.80 Å². The molecule has 0 fully saturated rings. The Kier molecular flexibility index (Phi) is 10.9. The second-order valence-corrected chi connectivity index (χ2v) is 11.4. The van der Waals surface area contributed by atoms with Gasteiger partial charge in [-0.2, -0.15) is 0 Å². The van der Waals surface area contributed by atoms with Crippen LogP contribution in [0.15, 0.2) is 51.7 Å². The number of benzene rings is 2. The van der Waals surface area contributed by atoms with E-state index in [2.05, 4.69) is 32.6 Å². The number of fused-ring (bicyclic) bond motifs is 2. The topological polar surface area (TPSA) is 72.2 Å². The highest BCUT2D eigenvalue weighted by atomic mass is 16.5. The smallest absolute Gasteiger partial charge is 0.290 e. The second-order valence-electron chi connectivity index (χ2n) is 11.4. The first-order valence-corrected chi connectivity index (χ1v) is 15.3. The average molecular weight is 563 g/mol. The van der Waals surface area contributed by atoms with Crippen LogP contribution in [0.3, 0.4) is 0 Å². The van der Waals surface area contributed by atoms with Gasteiger partial charge in [0, 0.05) is 6.54 Å². The fourth-order valence-electron chi connectivity index (χ4n) is 5.49. The van der Waals surface area contributed by atoms with Crippen LogP contribution in [0.2, 0.25) is 0 Å². The Balaban J connectivity index is 1.67. The fraction of sp³-hybridized carbons (Fsp3) is 0.529. The Morgan fingerprint density at radius 1 is 0.951 bits per heavy atom. The van der Waals surface area contributed by atoms with Crippen LogP contribution in [0.4, 0.5) is 0 Å². The summed E-state index contributed by atoms with van der Waals surface area (Å²) in [5.74, 6) is 1.67. The van der Waals surface area contributed by atoms with E-state index in [4.69, 9.17) is 13.9 Å². The molecule has 222 valence electrons. The number of para-hydroxylation sites is 1. The van der Waals surface area contributed by atoms with Crippen molar-refractivity contribution in [1.29, 1.82) is 0 Å². The highest BCUT2D eigenvalue weighted by molar-refractivity contribution is 5.99. The summed E-state index contributed by atoms with van der Waals surface area (Å²) in [4.78, 5) is 32.0. The number of ether oxygens (including phenoxy) is 2. The number of methoxy groups -OCH3 is 1. The van der Waals surface area contributed by atoms with Crippen LogP contribution < -0.4 is 14.9 Å². The summed E-state index contributed by atoms with van der Waals surface area (Å²) in [7, 11) is 1.61. The van der Waals surface area contributed by atoms with Crippen LogP contribution in [0, 0.1) is 5.92 Å². The Hall–Kier alpha value is -3.32. The average Bonchev–Trinajstić information content (AvgIpc) is 3.25. The molecular formula is C34H46N2O5. The van der Waals surface area contributed by atoms with Gasteiger partial charge in [-0.3, -0.25) is 9.59 Å². The van der Waals surface area contributed by atoms with Crippen LogP contribution in [-0.4, -0.2) is 55.6 Å². The number of rotatable bonds is 16. The third-order valence-electron chi connectivity index (χ3n) is 7.86. The lowest BCUT2D eigenvalue weighted by molar-refractivity contribution is 0.0719. The van der Waals surface area contributed by atoms with Crippen molar-refractivity contribution in [3.8, 4) is 11.5 Å². The van der Waals surface area contributed by atoms with Crippen molar-refractivity contribution >= 4 is 16.9 Å². The van der Waals surface area contributed by atoms with E-state index >= 15 is 0 Å². The molecule has 1 amide bonds. The largest absolute Gasteiger partial charge is 0.493 e. The molecule has 3 aromatic rings. The number of hydrogen-bond acceptors (Lipinski definition) is 6. The van der Waals surface area contributed by atoms with Gasteiger partial charge in [-0.25, -0.2) is 0 Å². The molecule has 1 aromatic heterocycles. The summed E-state index contributed by atoms with van der Waals surface area (Å²) < 4.78 is 17.8. The zero-order valence-corrected chi connectivity index (χ0v) is 25.4. The predicted octanol–water partition coefficient (Wildman–Crippen LogP) is 7.06. The third kappa shape index (κ3) is 7.13. The monoisotopic (exact) mass is 562 g/mol. The lowest BCUT2D eigenvalue weighted by Crippen LogP contribution is -2.34. The molecule has 1 unspecified atom stereocenters. The first kappa shape index (κ1) is 30.6. The lowest BCUT2D eigenvalue weighted by atomic mass is 9.98. The summed E-state index contributed by atoms with van der Waals surface area (Å²) in [5, 5.41) is 0.483. The predicted molar refractivity (Wildman–Crippen MR) is 164 cm³/mol. The minimum Gasteiger partial charge on any atom is -0.493 e. The standard InChI is InChI=1S/C34H46N2O5/c1-6-8-18-35(19-9-7-2)20-12-21-36-31(25-15-16-28(29(23-25)39-5)40-22-17-24(3)4)30-32(37)26-13-10-11-14-27(26)41-33(30)34(36)38/h10-11,13-16,23-24,31H,6-9,12,17-22H2,1-5H3. The van der Waals surface area contributed by atoms with Crippen molar-refractivity contribution in [2.75, 3.05) is 39.9 Å². The van der Waals surface area contributed by atoms with E-state index in [0.29, 0.717) is 47.1 Å². The maximum Gasteiger partial charge on any atom is 0.290 e. The van der Waals surface area contributed by atoms with E-state index in [-0.39, 0.29) is 17.1 Å². The van der Waals surface area contributed by atoms with Gasteiger partial charge in [0.1, 0.15) is 5.58 Å². The normalized spacial score (nSPS) is 14.9. The van der Waals surface area contributed by atoms with E-state index < -0.39 is 6.04 Å². The molecule has 0 saturated heterocycles. The van der Waals surface area contributed by atoms with Crippen LogP contribution >= 0.6 is 0 Å². The van der Waals surface area contributed by atoms with Gasteiger partial charge in [-0.05, 0) is 81.1 Å². The minimum absolute atomic E-state index is 0.142. The number of unbranched alkanes of at least 4 members (excludes halogenated alkanes) is 2. The Labute approximate surface area is 244 Å². The van der Waals surface area contributed by atoms with Gasteiger partial charge >= 0.3 is 0 Å². The number of hydrogen-bond donors (Lipinski definition) is 0. The molecule has 2 aromatic carbocycles. The van der Waals surface area contributed by atoms with Crippen LogP contribution in [0.5, 0.6) is 11.5 Å². The first-order valence-electron chi connectivity index (χ1n) is 15.3. The zero-order chi connectivity index (χ0) is 29.4. The van der Waals surface area contributed by atoms with Crippen molar-refractivity contribution < 1.29 is 18.7 Å². The second kappa shape index (κ2) is 14.5. The fourth-order valence-corrected chi connectivity index (χ4v) is 5.49. The van der Waals surface area contributed by atoms with Crippen LogP contribution in [-0.2, 0) is 0 Å². The molecule has 4 rings (SSSR count). The van der Waals surface area contributed by atoms with Gasteiger partial charge in [-0.1, -0.05) is 58.7 Å². The molecule has 0 radical (unpaired) electrons. The van der Waals surface area contributed by atoms with Gasteiger partial charge in [0.2, 0.25) is 5.76 Å². The quantitative estimate of drug-likeness (QED) is 0.186. The van der Waals surface area contributed by atoms with Crippen molar-refractivity contribution in [3.05, 3.63) is 69.6 Å².